The highest BCUT2D eigenvalue weighted by Crippen LogP contribution is 2.35. The van der Waals surface area contributed by atoms with Gasteiger partial charge in [-0.05, 0) is 13.8 Å². The molecule has 5 rings (SSSR count). The molecular weight excluding hydrogens is 465 g/mol. The van der Waals surface area contributed by atoms with E-state index < -0.39 is 11.4 Å². The van der Waals surface area contributed by atoms with Crippen molar-refractivity contribution in [1.82, 2.24) is 34.3 Å². The van der Waals surface area contributed by atoms with Gasteiger partial charge < -0.3 is 25.1 Å². The number of aromatic nitrogens is 7. The fourth-order valence-electron chi connectivity index (χ4n) is 3.61. The zero-order valence-corrected chi connectivity index (χ0v) is 19.3. The second-order valence-corrected chi connectivity index (χ2v) is 8.64. The summed E-state index contributed by atoms with van der Waals surface area (Å²) in [6.45, 7) is 4.42. The fraction of sp³-hybridized carbons (Fsp3) is 0.286. The molecule has 0 amide bonds. The molecule has 176 valence electrons. The lowest BCUT2D eigenvalue weighted by Crippen LogP contribution is -2.36. The molecule has 3 N–H and O–H groups in total. The van der Waals surface area contributed by atoms with E-state index in [-0.39, 0.29) is 29.0 Å². The summed E-state index contributed by atoms with van der Waals surface area (Å²) >= 11 is 6.63. The number of nitrogens with zero attached hydrogens (tertiary/aromatic N) is 7. The number of pyridine rings is 1. The lowest BCUT2D eigenvalue weighted by Gasteiger charge is -2.30. The highest BCUT2D eigenvalue weighted by Gasteiger charge is 2.31. The number of halogens is 2. The fourth-order valence-corrected chi connectivity index (χ4v) is 3.91. The third kappa shape index (κ3) is 3.80. The molecule has 11 nitrogen and oxygen atoms in total. The monoisotopic (exact) mass is 485 g/mol. The van der Waals surface area contributed by atoms with E-state index in [0.29, 0.717) is 35.0 Å². The first-order valence-electron chi connectivity index (χ1n) is 10.3. The third-order valence-electron chi connectivity index (χ3n) is 5.35. The average molecular weight is 486 g/mol. The SMILES string of the molecule is Cn1c(Nc2nn3c(c2F)COC(C)(C)C3)nc2ncc(OC(=CN)c3cnccn3)c(Cl)c21. The molecule has 0 fully saturated rings. The van der Waals surface area contributed by atoms with Gasteiger partial charge in [0.25, 0.3) is 0 Å². The third-order valence-corrected chi connectivity index (χ3v) is 5.71. The molecule has 1 aliphatic heterocycles. The van der Waals surface area contributed by atoms with Crippen molar-refractivity contribution in [2.45, 2.75) is 32.6 Å². The molecule has 13 heteroatoms. The lowest BCUT2D eigenvalue weighted by molar-refractivity contribution is -0.0673. The molecule has 0 atom stereocenters. The Kier molecular flexibility index (Phi) is 5.33. The van der Waals surface area contributed by atoms with Crippen molar-refractivity contribution in [3.05, 3.63) is 53.2 Å². The molecule has 0 spiro atoms. The van der Waals surface area contributed by atoms with Crippen molar-refractivity contribution < 1.29 is 13.9 Å². The van der Waals surface area contributed by atoms with Crippen LogP contribution in [-0.2, 0) is 24.9 Å². The van der Waals surface area contributed by atoms with Crippen molar-refractivity contribution in [3.63, 3.8) is 0 Å². The van der Waals surface area contributed by atoms with E-state index in [0.717, 1.165) is 0 Å². The number of hydrogen-bond acceptors (Lipinski definition) is 9. The van der Waals surface area contributed by atoms with Gasteiger partial charge in [0.1, 0.15) is 21.9 Å². The normalized spacial score (nSPS) is 15.4. The molecule has 0 saturated heterocycles. The molecule has 4 aromatic heterocycles. The summed E-state index contributed by atoms with van der Waals surface area (Å²) in [5, 5.41) is 7.55. The number of aryl methyl sites for hydroxylation is 1. The van der Waals surface area contributed by atoms with Crippen molar-refractivity contribution in [2.24, 2.45) is 12.8 Å². The Hall–Kier alpha value is -3.77. The number of fused-ring (bicyclic) bond motifs is 2. The summed E-state index contributed by atoms with van der Waals surface area (Å²) < 4.78 is 29.8. The van der Waals surface area contributed by atoms with E-state index in [1.165, 1.54) is 31.0 Å². The van der Waals surface area contributed by atoms with Gasteiger partial charge in [0.2, 0.25) is 5.95 Å². The summed E-state index contributed by atoms with van der Waals surface area (Å²) in [4.78, 5) is 16.9. The van der Waals surface area contributed by atoms with Crippen LogP contribution in [0.3, 0.4) is 0 Å². The van der Waals surface area contributed by atoms with Gasteiger partial charge in [-0.25, -0.2) is 14.4 Å². The molecule has 34 heavy (non-hydrogen) atoms. The van der Waals surface area contributed by atoms with Gasteiger partial charge in [-0.3, -0.25) is 9.67 Å². The summed E-state index contributed by atoms with van der Waals surface area (Å²) in [5.74, 6) is 0.354. The molecule has 0 aliphatic carbocycles. The van der Waals surface area contributed by atoms with Gasteiger partial charge in [0, 0.05) is 25.6 Å². The number of hydrogen-bond donors (Lipinski definition) is 2. The van der Waals surface area contributed by atoms with Gasteiger partial charge in [0.15, 0.2) is 28.8 Å². The maximum absolute atomic E-state index is 15.0. The summed E-state index contributed by atoms with van der Waals surface area (Å²) in [6.07, 6.45) is 7.25. The molecule has 5 heterocycles. The Morgan fingerprint density at radius 3 is 2.88 bits per heavy atom. The topological polar surface area (TPSA) is 131 Å². The van der Waals surface area contributed by atoms with Gasteiger partial charge in [-0.2, -0.15) is 10.1 Å². The quantitative estimate of drug-likeness (QED) is 0.409. The van der Waals surface area contributed by atoms with E-state index in [9.17, 15) is 4.39 Å². The van der Waals surface area contributed by atoms with Crippen molar-refractivity contribution in [2.75, 3.05) is 5.32 Å². The Labute approximate surface area is 198 Å². The second-order valence-electron chi connectivity index (χ2n) is 8.27. The summed E-state index contributed by atoms with van der Waals surface area (Å²) in [7, 11) is 1.72. The van der Waals surface area contributed by atoms with Crippen molar-refractivity contribution in [1.29, 1.82) is 0 Å². The summed E-state index contributed by atoms with van der Waals surface area (Å²) in [5.41, 5.74) is 6.90. The van der Waals surface area contributed by atoms with E-state index in [2.05, 4.69) is 30.4 Å². The first-order chi connectivity index (χ1) is 16.3. The van der Waals surface area contributed by atoms with Gasteiger partial charge >= 0.3 is 0 Å². The number of nitrogens with two attached hydrogens (primary N) is 1. The van der Waals surface area contributed by atoms with E-state index in [1.54, 1.807) is 16.3 Å². The smallest absolute Gasteiger partial charge is 0.211 e. The zero-order valence-electron chi connectivity index (χ0n) is 18.6. The van der Waals surface area contributed by atoms with E-state index in [4.69, 9.17) is 26.8 Å². The Morgan fingerprint density at radius 1 is 1.32 bits per heavy atom. The highest BCUT2D eigenvalue weighted by atomic mass is 35.5. The molecular formula is C21H21ClFN9O2. The van der Waals surface area contributed by atoms with Crippen LogP contribution in [0.1, 0.15) is 25.2 Å². The molecule has 0 saturated carbocycles. The van der Waals surface area contributed by atoms with Gasteiger partial charge in [-0.15, -0.1) is 0 Å². The molecule has 1 aliphatic rings. The van der Waals surface area contributed by atoms with Crippen LogP contribution in [0.5, 0.6) is 5.75 Å². The predicted octanol–water partition coefficient (Wildman–Crippen LogP) is 3.14. The van der Waals surface area contributed by atoms with Crippen LogP contribution < -0.4 is 15.8 Å². The molecule has 0 bridgehead atoms. The van der Waals surface area contributed by atoms with Crippen molar-refractivity contribution in [3.8, 4) is 5.75 Å². The second kappa shape index (κ2) is 8.22. The zero-order chi connectivity index (χ0) is 24.0. The lowest BCUT2D eigenvalue weighted by atomic mass is 10.1. The van der Waals surface area contributed by atoms with Crippen LogP contribution in [0.15, 0.2) is 31.0 Å². The van der Waals surface area contributed by atoms with Gasteiger partial charge in [-0.1, -0.05) is 11.6 Å². The van der Waals surface area contributed by atoms with Crippen LogP contribution >= 0.6 is 11.6 Å². The van der Waals surface area contributed by atoms with Crippen LogP contribution in [0, 0.1) is 5.82 Å². The standard InChI is InChI=1S/C21H21ClFN9O2/c1-21(2)10-32-12(9-33-21)16(23)18(30-32)28-20-29-19-17(31(20)3)15(22)14(8-27-19)34-13(6-24)11-7-25-4-5-26-11/h4-8H,9-10,24H2,1-3H3,(H,27,28,29,30). The number of rotatable bonds is 5. The van der Waals surface area contributed by atoms with E-state index in [1.807, 2.05) is 13.8 Å². The Morgan fingerprint density at radius 2 is 2.15 bits per heavy atom. The van der Waals surface area contributed by atoms with Crippen LogP contribution in [0.4, 0.5) is 16.2 Å². The van der Waals surface area contributed by atoms with E-state index >= 15 is 0 Å². The number of ether oxygens (including phenoxy) is 2. The first-order valence-corrected chi connectivity index (χ1v) is 10.7. The molecule has 0 aromatic carbocycles. The van der Waals surface area contributed by atoms with Crippen LogP contribution in [-0.4, -0.2) is 39.9 Å². The Balaban J connectivity index is 1.47. The number of nitrogens with one attached hydrogen (secondary N) is 1. The molecule has 0 radical (unpaired) electrons. The predicted molar refractivity (Wildman–Crippen MR) is 123 cm³/mol. The molecule has 4 aromatic rings. The highest BCUT2D eigenvalue weighted by molar-refractivity contribution is 6.36. The first kappa shape index (κ1) is 22.0. The average Bonchev–Trinajstić information content (AvgIpc) is 3.29. The number of anilines is 2. The maximum atomic E-state index is 15.0. The molecule has 0 unspecified atom stereocenters. The van der Waals surface area contributed by atoms with Gasteiger partial charge in [0.05, 0.1) is 31.1 Å². The largest absolute Gasteiger partial charge is 0.450 e. The Bertz CT molecular complexity index is 1420. The minimum atomic E-state index is -0.493. The van der Waals surface area contributed by atoms with Crippen LogP contribution in [0.2, 0.25) is 5.02 Å². The summed E-state index contributed by atoms with van der Waals surface area (Å²) in [6, 6.07) is 0. The maximum Gasteiger partial charge on any atom is 0.211 e. The number of imidazole rings is 1. The minimum Gasteiger partial charge on any atom is -0.450 e. The minimum absolute atomic E-state index is 0.0401. The van der Waals surface area contributed by atoms with Crippen molar-refractivity contribution >= 4 is 40.3 Å². The van der Waals surface area contributed by atoms with Crippen LogP contribution in [0.25, 0.3) is 16.9 Å².